The van der Waals surface area contributed by atoms with Crippen molar-refractivity contribution >= 4 is 5.97 Å². The molecule has 5 heteroatoms. The minimum Gasteiger partial charge on any atom is -0.463 e. The fourth-order valence-electron chi connectivity index (χ4n) is 0.907. The summed E-state index contributed by atoms with van der Waals surface area (Å²) in [4.78, 5) is 11.4. The van der Waals surface area contributed by atoms with Crippen molar-refractivity contribution in [2.24, 2.45) is 5.92 Å². The van der Waals surface area contributed by atoms with E-state index in [1.807, 2.05) is 0 Å². The van der Waals surface area contributed by atoms with Crippen molar-refractivity contribution in [3.63, 3.8) is 0 Å². The van der Waals surface area contributed by atoms with Crippen molar-refractivity contribution in [3.05, 3.63) is 12.7 Å². The molecule has 0 rings (SSSR count). The zero-order valence-corrected chi connectivity index (χ0v) is 10.8. The first-order valence-corrected chi connectivity index (χ1v) is 5.58. The van der Waals surface area contributed by atoms with Gasteiger partial charge in [-0.3, -0.25) is 4.79 Å². The smallest absolute Gasteiger partial charge is 0.311 e. The van der Waals surface area contributed by atoms with Crippen molar-refractivity contribution in [1.82, 2.24) is 0 Å². The largest absolute Gasteiger partial charge is 0.463 e. The maximum Gasteiger partial charge on any atom is 0.311 e. The van der Waals surface area contributed by atoms with Crippen LogP contribution in [-0.2, 0) is 19.0 Å². The summed E-state index contributed by atoms with van der Waals surface area (Å²) in [7, 11) is 0. The SMILES string of the molecule is C=CCOCCOC(=O)C(C)COC(C)(C)O. The number of aliphatic hydroxyl groups is 1. The second-order valence-corrected chi connectivity index (χ2v) is 4.19. The van der Waals surface area contributed by atoms with Crippen LogP contribution < -0.4 is 0 Å². The molecule has 1 N–H and O–H groups in total. The Kier molecular flexibility index (Phi) is 7.78. The highest BCUT2D eigenvalue weighted by atomic mass is 16.6. The van der Waals surface area contributed by atoms with E-state index in [4.69, 9.17) is 14.2 Å². The van der Waals surface area contributed by atoms with Gasteiger partial charge >= 0.3 is 5.97 Å². The summed E-state index contributed by atoms with van der Waals surface area (Å²) in [6.45, 7) is 9.30. The molecule has 0 saturated carbocycles. The molecule has 0 aliphatic rings. The molecule has 1 atom stereocenters. The Morgan fingerprint density at radius 1 is 1.47 bits per heavy atom. The molecule has 100 valence electrons. The van der Waals surface area contributed by atoms with Crippen LogP contribution >= 0.6 is 0 Å². The van der Waals surface area contributed by atoms with E-state index < -0.39 is 11.7 Å². The predicted molar refractivity (Wildman–Crippen MR) is 63.4 cm³/mol. The number of ether oxygens (including phenoxy) is 3. The first-order chi connectivity index (χ1) is 7.87. The van der Waals surface area contributed by atoms with Gasteiger partial charge in [0.15, 0.2) is 5.79 Å². The molecular weight excluding hydrogens is 224 g/mol. The van der Waals surface area contributed by atoms with Gasteiger partial charge in [-0.1, -0.05) is 6.08 Å². The lowest BCUT2D eigenvalue weighted by molar-refractivity contribution is -0.188. The van der Waals surface area contributed by atoms with Crippen molar-refractivity contribution < 1.29 is 24.1 Å². The Bertz CT molecular complexity index is 232. The minimum atomic E-state index is -1.23. The van der Waals surface area contributed by atoms with Crippen LogP contribution in [0.25, 0.3) is 0 Å². The highest BCUT2D eigenvalue weighted by Gasteiger charge is 2.19. The molecule has 0 aliphatic carbocycles. The summed E-state index contributed by atoms with van der Waals surface area (Å²) < 4.78 is 15.1. The van der Waals surface area contributed by atoms with E-state index in [1.165, 1.54) is 13.8 Å². The Labute approximate surface area is 102 Å². The zero-order chi connectivity index (χ0) is 13.3. The van der Waals surface area contributed by atoms with E-state index in [2.05, 4.69) is 6.58 Å². The van der Waals surface area contributed by atoms with E-state index >= 15 is 0 Å². The lowest BCUT2D eigenvalue weighted by atomic mass is 10.2. The molecule has 0 amide bonds. The fourth-order valence-corrected chi connectivity index (χ4v) is 0.907. The van der Waals surface area contributed by atoms with Crippen LogP contribution in [0.5, 0.6) is 0 Å². The molecule has 5 nitrogen and oxygen atoms in total. The monoisotopic (exact) mass is 246 g/mol. The van der Waals surface area contributed by atoms with E-state index in [1.54, 1.807) is 13.0 Å². The van der Waals surface area contributed by atoms with Crippen LogP contribution in [0.3, 0.4) is 0 Å². The third kappa shape index (κ3) is 9.99. The molecule has 1 unspecified atom stereocenters. The predicted octanol–water partition coefficient (Wildman–Crippen LogP) is 1.11. The molecule has 0 spiro atoms. The second-order valence-electron chi connectivity index (χ2n) is 4.19. The summed E-state index contributed by atoms with van der Waals surface area (Å²) >= 11 is 0. The molecule has 0 fully saturated rings. The van der Waals surface area contributed by atoms with Gasteiger partial charge in [-0.2, -0.15) is 0 Å². The number of esters is 1. The third-order valence-corrected chi connectivity index (χ3v) is 1.80. The quantitative estimate of drug-likeness (QED) is 0.286. The van der Waals surface area contributed by atoms with Crippen LogP contribution in [-0.4, -0.2) is 43.3 Å². The summed E-state index contributed by atoms with van der Waals surface area (Å²) in [5, 5.41) is 9.32. The first-order valence-electron chi connectivity index (χ1n) is 5.58. The Morgan fingerprint density at radius 3 is 2.65 bits per heavy atom. The average molecular weight is 246 g/mol. The molecule has 0 aliphatic heterocycles. The fraction of sp³-hybridized carbons (Fsp3) is 0.750. The summed E-state index contributed by atoms with van der Waals surface area (Å²) in [6, 6.07) is 0. The Morgan fingerprint density at radius 2 is 2.12 bits per heavy atom. The third-order valence-electron chi connectivity index (χ3n) is 1.80. The van der Waals surface area contributed by atoms with Gasteiger partial charge in [-0.05, 0) is 20.8 Å². The molecule has 0 bridgehead atoms. The van der Waals surface area contributed by atoms with E-state index in [9.17, 15) is 9.90 Å². The van der Waals surface area contributed by atoms with E-state index in [0.29, 0.717) is 13.2 Å². The standard InChI is InChI=1S/C12H22O5/c1-5-6-15-7-8-16-11(13)10(2)9-17-12(3,4)14/h5,10,14H,1,6-9H2,2-4H3. The maximum absolute atomic E-state index is 11.4. The zero-order valence-electron chi connectivity index (χ0n) is 10.8. The van der Waals surface area contributed by atoms with Gasteiger partial charge in [0.05, 0.1) is 25.7 Å². The highest BCUT2D eigenvalue weighted by Crippen LogP contribution is 2.08. The number of hydrogen-bond donors (Lipinski definition) is 1. The molecule has 0 aromatic rings. The van der Waals surface area contributed by atoms with Crippen molar-refractivity contribution in [2.75, 3.05) is 26.4 Å². The minimum absolute atomic E-state index is 0.121. The molecule has 17 heavy (non-hydrogen) atoms. The molecule has 0 radical (unpaired) electrons. The van der Waals surface area contributed by atoms with Crippen LogP contribution in [0.2, 0.25) is 0 Å². The van der Waals surface area contributed by atoms with Crippen LogP contribution in [0.1, 0.15) is 20.8 Å². The number of rotatable bonds is 9. The maximum atomic E-state index is 11.4. The van der Waals surface area contributed by atoms with Crippen molar-refractivity contribution in [2.45, 2.75) is 26.6 Å². The second kappa shape index (κ2) is 8.22. The highest BCUT2D eigenvalue weighted by molar-refractivity contribution is 5.72. The van der Waals surface area contributed by atoms with Crippen molar-refractivity contribution in [1.29, 1.82) is 0 Å². The van der Waals surface area contributed by atoms with Gasteiger partial charge in [0, 0.05) is 0 Å². The summed E-state index contributed by atoms with van der Waals surface area (Å²) in [5.41, 5.74) is 0. The van der Waals surface area contributed by atoms with Gasteiger partial charge in [0.25, 0.3) is 0 Å². The van der Waals surface area contributed by atoms with Crippen molar-refractivity contribution in [3.8, 4) is 0 Å². The van der Waals surface area contributed by atoms with E-state index in [-0.39, 0.29) is 19.2 Å². The normalized spacial score (nSPS) is 13.2. The molecule has 0 saturated heterocycles. The summed E-state index contributed by atoms with van der Waals surface area (Å²) in [5.74, 6) is -2.01. The first kappa shape index (κ1) is 16.1. The number of carbonyl (C=O) groups is 1. The molecule has 0 aromatic carbocycles. The van der Waals surface area contributed by atoms with Crippen LogP contribution in [0, 0.1) is 5.92 Å². The average Bonchev–Trinajstić information content (AvgIpc) is 2.24. The van der Waals surface area contributed by atoms with Gasteiger partial charge in [-0.25, -0.2) is 0 Å². The Hall–Kier alpha value is -0.910. The number of carbonyl (C=O) groups excluding carboxylic acids is 1. The molecular formula is C12H22O5. The van der Waals surface area contributed by atoms with Gasteiger partial charge in [0.2, 0.25) is 0 Å². The Balaban J connectivity index is 3.64. The van der Waals surface area contributed by atoms with Crippen LogP contribution in [0.15, 0.2) is 12.7 Å². The molecule has 0 heterocycles. The summed E-state index contributed by atoms with van der Waals surface area (Å²) in [6.07, 6.45) is 1.63. The van der Waals surface area contributed by atoms with Gasteiger partial charge < -0.3 is 19.3 Å². The number of hydrogen-bond acceptors (Lipinski definition) is 5. The lowest BCUT2D eigenvalue weighted by Crippen LogP contribution is -2.29. The van der Waals surface area contributed by atoms with Gasteiger partial charge in [-0.15, -0.1) is 6.58 Å². The lowest BCUT2D eigenvalue weighted by Gasteiger charge is -2.20. The molecule has 0 aromatic heterocycles. The topological polar surface area (TPSA) is 65.0 Å². The van der Waals surface area contributed by atoms with Crippen LogP contribution in [0.4, 0.5) is 0 Å². The van der Waals surface area contributed by atoms with E-state index in [0.717, 1.165) is 0 Å². The van der Waals surface area contributed by atoms with Gasteiger partial charge in [0.1, 0.15) is 6.61 Å².